The second-order valence-corrected chi connectivity index (χ2v) is 7.19. The number of anilines is 1. The fraction of sp³-hybridized carbons (Fsp3) is 0.200. The van der Waals surface area contributed by atoms with Crippen molar-refractivity contribution in [3.05, 3.63) is 95.1 Å². The Balaban J connectivity index is 1.43. The minimum absolute atomic E-state index is 0.147. The number of ether oxygens (including phenoxy) is 2. The van der Waals surface area contributed by atoms with Gasteiger partial charge in [0.15, 0.2) is 0 Å². The zero-order valence-electron chi connectivity index (χ0n) is 16.8. The number of hydrogen-bond donors (Lipinski definition) is 0. The van der Waals surface area contributed by atoms with Crippen LogP contribution < -0.4 is 9.64 Å². The Morgan fingerprint density at radius 1 is 0.933 bits per heavy atom. The molecule has 0 unspecified atom stereocenters. The maximum atomic E-state index is 12.5. The van der Waals surface area contributed by atoms with E-state index in [9.17, 15) is 9.59 Å². The van der Waals surface area contributed by atoms with E-state index >= 15 is 0 Å². The van der Waals surface area contributed by atoms with E-state index in [1.807, 2.05) is 59.5 Å². The van der Waals surface area contributed by atoms with Crippen LogP contribution in [0.3, 0.4) is 0 Å². The summed E-state index contributed by atoms with van der Waals surface area (Å²) in [7, 11) is 1.37. The SMILES string of the molecule is COC(=O)c1ccccc1COc1ccc(CN2C(=O)CCc3ccccc32)cc1. The molecule has 0 saturated heterocycles. The lowest BCUT2D eigenvalue weighted by Gasteiger charge is -2.29. The maximum Gasteiger partial charge on any atom is 0.338 e. The molecule has 1 aliphatic rings. The fourth-order valence-corrected chi connectivity index (χ4v) is 3.66. The van der Waals surface area contributed by atoms with Crippen LogP contribution in [0.5, 0.6) is 5.75 Å². The Bertz CT molecular complexity index is 1060. The monoisotopic (exact) mass is 401 g/mol. The summed E-state index contributed by atoms with van der Waals surface area (Å²) in [6.45, 7) is 0.796. The number of carbonyl (C=O) groups excluding carboxylic acids is 2. The average Bonchev–Trinajstić information content (AvgIpc) is 2.80. The first-order valence-corrected chi connectivity index (χ1v) is 9.92. The number of fused-ring (bicyclic) bond motifs is 1. The molecule has 152 valence electrons. The van der Waals surface area contributed by atoms with Crippen LogP contribution in [-0.4, -0.2) is 19.0 Å². The third kappa shape index (κ3) is 4.20. The second kappa shape index (κ2) is 8.82. The molecule has 1 aliphatic heterocycles. The molecule has 0 fully saturated rings. The van der Waals surface area contributed by atoms with Gasteiger partial charge in [0.1, 0.15) is 12.4 Å². The Morgan fingerprint density at radius 3 is 2.47 bits per heavy atom. The summed E-state index contributed by atoms with van der Waals surface area (Å²) < 4.78 is 10.7. The molecule has 5 heteroatoms. The number of methoxy groups -OCH3 is 1. The molecular formula is C25H23NO4. The third-order valence-electron chi connectivity index (χ3n) is 5.27. The van der Waals surface area contributed by atoms with Crippen LogP contribution in [0, 0.1) is 0 Å². The zero-order chi connectivity index (χ0) is 20.9. The first-order chi connectivity index (χ1) is 14.7. The minimum atomic E-state index is -0.379. The van der Waals surface area contributed by atoms with Gasteiger partial charge in [-0.05, 0) is 41.8 Å². The molecule has 0 spiro atoms. The topological polar surface area (TPSA) is 55.8 Å². The van der Waals surface area contributed by atoms with Crippen LogP contribution in [0.1, 0.15) is 33.5 Å². The Kier molecular flexibility index (Phi) is 5.80. The number of para-hydroxylation sites is 1. The van der Waals surface area contributed by atoms with E-state index in [1.165, 1.54) is 12.7 Å². The number of rotatable bonds is 6. The van der Waals surface area contributed by atoms with Gasteiger partial charge in [0, 0.05) is 17.7 Å². The zero-order valence-corrected chi connectivity index (χ0v) is 16.8. The minimum Gasteiger partial charge on any atom is -0.489 e. The predicted octanol–water partition coefficient (Wildman–Crippen LogP) is 4.53. The highest BCUT2D eigenvalue weighted by molar-refractivity contribution is 5.96. The molecule has 5 nitrogen and oxygen atoms in total. The number of amides is 1. The molecule has 0 saturated carbocycles. The Morgan fingerprint density at radius 2 is 1.67 bits per heavy atom. The summed E-state index contributed by atoms with van der Waals surface area (Å²) in [5, 5.41) is 0. The summed E-state index contributed by atoms with van der Waals surface area (Å²) in [6.07, 6.45) is 1.34. The fourth-order valence-electron chi connectivity index (χ4n) is 3.66. The van der Waals surface area contributed by atoms with Crippen molar-refractivity contribution in [2.75, 3.05) is 12.0 Å². The molecule has 0 bridgehead atoms. The standard InChI is InChI=1S/C25H23NO4/c1-29-25(28)22-8-4-2-7-20(22)17-30-21-13-10-18(11-14-21)16-26-23-9-5-3-6-19(23)12-15-24(26)27/h2-11,13-14H,12,15-17H2,1H3. The van der Waals surface area contributed by atoms with Gasteiger partial charge in [-0.25, -0.2) is 4.79 Å². The van der Waals surface area contributed by atoms with Crippen LogP contribution in [0.4, 0.5) is 5.69 Å². The highest BCUT2D eigenvalue weighted by Crippen LogP contribution is 2.29. The van der Waals surface area contributed by atoms with Crippen LogP contribution in [0.15, 0.2) is 72.8 Å². The molecule has 1 heterocycles. The van der Waals surface area contributed by atoms with E-state index in [4.69, 9.17) is 9.47 Å². The highest BCUT2D eigenvalue weighted by atomic mass is 16.5. The first kappa shape index (κ1) is 19.7. The van der Waals surface area contributed by atoms with Crippen molar-refractivity contribution in [1.29, 1.82) is 0 Å². The van der Waals surface area contributed by atoms with Crippen molar-refractivity contribution in [3.8, 4) is 5.75 Å². The van der Waals surface area contributed by atoms with E-state index in [0.29, 0.717) is 24.3 Å². The second-order valence-electron chi connectivity index (χ2n) is 7.19. The van der Waals surface area contributed by atoms with Gasteiger partial charge < -0.3 is 14.4 Å². The molecule has 0 atom stereocenters. The normalized spacial score (nSPS) is 13.0. The van der Waals surface area contributed by atoms with Gasteiger partial charge in [0.05, 0.1) is 19.2 Å². The summed E-state index contributed by atoms with van der Waals surface area (Å²) in [5.74, 6) is 0.466. The predicted molar refractivity (Wildman–Crippen MR) is 115 cm³/mol. The number of aryl methyl sites for hydroxylation is 1. The van der Waals surface area contributed by atoms with Crippen molar-refractivity contribution in [2.45, 2.75) is 26.0 Å². The molecule has 0 radical (unpaired) electrons. The number of hydrogen-bond acceptors (Lipinski definition) is 4. The van der Waals surface area contributed by atoms with Crippen molar-refractivity contribution in [2.24, 2.45) is 0 Å². The van der Waals surface area contributed by atoms with E-state index in [1.54, 1.807) is 12.1 Å². The average molecular weight is 401 g/mol. The summed E-state index contributed by atoms with van der Waals surface area (Å²) in [4.78, 5) is 26.2. The molecule has 1 amide bonds. The molecule has 0 aliphatic carbocycles. The van der Waals surface area contributed by atoms with Crippen molar-refractivity contribution < 1.29 is 19.1 Å². The molecule has 4 rings (SSSR count). The molecule has 3 aromatic carbocycles. The number of nitrogens with zero attached hydrogens (tertiary/aromatic N) is 1. The van der Waals surface area contributed by atoms with Gasteiger partial charge in [0.2, 0.25) is 5.91 Å². The Labute approximate surface area is 175 Å². The Hall–Kier alpha value is -3.60. The van der Waals surface area contributed by atoms with Gasteiger partial charge in [-0.1, -0.05) is 48.5 Å². The summed E-state index contributed by atoms with van der Waals surface area (Å²) in [5.41, 5.74) is 4.50. The molecule has 0 N–H and O–H groups in total. The third-order valence-corrected chi connectivity index (χ3v) is 5.27. The lowest BCUT2D eigenvalue weighted by Crippen LogP contribution is -2.34. The molecular weight excluding hydrogens is 378 g/mol. The van der Waals surface area contributed by atoms with Crippen molar-refractivity contribution >= 4 is 17.6 Å². The lowest BCUT2D eigenvalue weighted by atomic mass is 10.0. The molecule has 30 heavy (non-hydrogen) atoms. The van der Waals surface area contributed by atoms with E-state index in [0.717, 1.165) is 23.2 Å². The van der Waals surface area contributed by atoms with E-state index in [2.05, 4.69) is 6.07 Å². The van der Waals surface area contributed by atoms with Gasteiger partial charge in [-0.2, -0.15) is 0 Å². The van der Waals surface area contributed by atoms with E-state index in [-0.39, 0.29) is 18.5 Å². The summed E-state index contributed by atoms with van der Waals surface area (Å²) >= 11 is 0. The van der Waals surface area contributed by atoms with Gasteiger partial charge >= 0.3 is 5.97 Å². The number of benzene rings is 3. The number of carbonyl (C=O) groups is 2. The van der Waals surface area contributed by atoms with Gasteiger partial charge in [-0.3, -0.25) is 4.79 Å². The highest BCUT2D eigenvalue weighted by Gasteiger charge is 2.23. The first-order valence-electron chi connectivity index (χ1n) is 9.92. The quantitative estimate of drug-likeness (QED) is 0.570. The van der Waals surface area contributed by atoms with Crippen LogP contribution in [0.2, 0.25) is 0 Å². The summed E-state index contributed by atoms with van der Waals surface area (Å²) in [6, 6.07) is 23.0. The largest absolute Gasteiger partial charge is 0.489 e. The van der Waals surface area contributed by atoms with Gasteiger partial charge in [-0.15, -0.1) is 0 Å². The maximum absolute atomic E-state index is 12.5. The van der Waals surface area contributed by atoms with Crippen molar-refractivity contribution in [1.82, 2.24) is 0 Å². The van der Waals surface area contributed by atoms with Gasteiger partial charge in [0.25, 0.3) is 0 Å². The van der Waals surface area contributed by atoms with Crippen LogP contribution >= 0.6 is 0 Å². The van der Waals surface area contributed by atoms with Crippen molar-refractivity contribution in [3.63, 3.8) is 0 Å². The lowest BCUT2D eigenvalue weighted by molar-refractivity contribution is -0.119. The molecule has 0 aromatic heterocycles. The van der Waals surface area contributed by atoms with Crippen LogP contribution in [0.25, 0.3) is 0 Å². The molecule has 3 aromatic rings. The smallest absolute Gasteiger partial charge is 0.338 e. The van der Waals surface area contributed by atoms with Crippen LogP contribution in [-0.2, 0) is 29.1 Å². The van der Waals surface area contributed by atoms with E-state index < -0.39 is 0 Å². The number of esters is 1.